The molecule has 0 N–H and O–H groups in total. The van der Waals surface area contributed by atoms with Gasteiger partial charge in [-0.3, -0.25) is 9.36 Å². The third-order valence-corrected chi connectivity index (χ3v) is 2.64. The van der Waals surface area contributed by atoms with Crippen LogP contribution in [0.5, 0.6) is 17.4 Å². The third kappa shape index (κ3) is 1.58. The molecule has 1 aliphatic heterocycles. The Bertz CT molecular complexity index is 651. The van der Waals surface area contributed by atoms with E-state index in [1.807, 2.05) is 0 Å². The molecule has 1 aliphatic rings. The zero-order valence-electron chi connectivity index (χ0n) is 9.62. The fourth-order valence-electron chi connectivity index (χ4n) is 1.77. The van der Waals surface area contributed by atoms with Crippen molar-refractivity contribution >= 4 is 0 Å². The molecule has 2 aromatic rings. The van der Waals surface area contributed by atoms with E-state index >= 15 is 0 Å². The summed E-state index contributed by atoms with van der Waals surface area (Å²) >= 11 is 0. The first kappa shape index (κ1) is 10.6. The van der Waals surface area contributed by atoms with Crippen LogP contribution in [0.25, 0.3) is 5.69 Å². The highest BCUT2D eigenvalue weighted by molar-refractivity contribution is 5.50. The number of benzene rings is 1. The van der Waals surface area contributed by atoms with E-state index < -0.39 is 0 Å². The SMILES string of the molecule is COc1nccn(-c2ccc3c(c2)OCO3)c1=O. The fourth-order valence-corrected chi connectivity index (χ4v) is 1.77. The highest BCUT2D eigenvalue weighted by Crippen LogP contribution is 2.33. The van der Waals surface area contributed by atoms with Crippen LogP contribution in [-0.4, -0.2) is 23.5 Å². The van der Waals surface area contributed by atoms with Crippen molar-refractivity contribution in [3.8, 4) is 23.1 Å². The standard InChI is InChI=1S/C12H10N2O4/c1-16-11-12(15)14(5-4-13-11)8-2-3-9-10(6-8)18-7-17-9/h2-6H,7H2,1H3. The van der Waals surface area contributed by atoms with Gasteiger partial charge in [0.1, 0.15) is 0 Å². The van der Waals surface area contributed by atoms with Gasteiger partial charge in [-0.1, -0.05) is 0 Å². The highest BCUT2D eigenvalue weighted by atomic mass is 16.7. The maximum Gasteiger partial charge on any atom is 0.317 e. The van der Waals surface area contributed by atoms with Crippen molar-refractivity contribution < 1.29 is 14.2 Å². The molecule has 0 fully saturated rings. The van der Waals surface area contributed by atoms with Crippen molar-refractivity contribution in [2.75, 3.05) is 13.9 Å². The summed E-state index contributed by atoms with van der Waals surface area (Å²) in [5.74, 6) is 1.35. The number of fused-ring (bicyclic) bond motifs is 1. The number of rotatable bonds is 2. The molecular formula is C12H10N2O4. The Labute approximate surface area is 102 Å². The van der Waals surface area contributed by atoms with Gasteiger partial charge in [0.2, 0.25) is 6.79 Å². The van der Waals surface area contributed by atoms with Gasteiger partial charge in [0.15, 0.2) is 11.5 Å². The van der Waals surface area contributed by atoms with Crippen LogP contribution >= 0.6 is 0 Å². The molecule has 2 heterocycles. The molecule has 0 atom stereocenters. The second-order valence-corrected chi connectivity index (χ2v) is 3.65. The van der Waals surface area contributed by atoms with Crippen LogP contribution in [0.1, 0.15) is 0 Å². The van der Waals surface area contributed by atoms with E-state index in [-0.39, 0.29) is 18.2 Å². The molecule has 1 aromatic heterocycles. The first-order valence-corrected chi connectivity index (χ1v) is 5.31. The Morgan fingerprint density at radius 1 is 1.33 bits per heavy atom. The summed E-state index contributed by atoms with van der Waals surface area (Å²) in [7, 11) is 1.41. The molecular weight excluding hydrogens is 236 g/mol. The lowest BCUT2D eigenvalue weighted by Crippen LogP contribution is -2.20. The summed E-state index contributed by atoms with van der Waals surface area (Å²) in [4.78, 5) is 15.8. The van der Waals surface area contributed by atoms with Crippen LogP contribution in [-0.2, 0) is 0 Å². The minimum absolute atomic E-state index is 0.0511. The Morgan fingerprint density at radius 2 is 2.17 bits per heavy atom. The third-order valence-electron chi connectivity index (χ3n) is 2.64. The van der Waals surface area contributed by atoms with Gasteiger partial charge in [-0.15, -0.1) is 0 Å². The first-order valence-electron chi connectivity index (χ1n) is 5.31. The minimum atomic E-state index is -0.320. The number of aromatic nitrogens is 2. The topological polar surface area (TPSA) is 62.6 Å². The molecule has 0 saturated heterocycles. The Balaban J connectivity index is 2.13. The van der Waals surface area contributed by atoms with Gasteiger partial charge in [-0.2, -0.15) is 0 Å². The summed E-state index contributed by atoms with van der Waals surface area (Å²) in [6, 6.07) is 5.27. The van der Waals surface area contributed by atoms with E-state index in [9.17, 15) is 4.79 Å². The summed E-state index contributed by atoms with van der Waals surface area (Å²) in [6.07, 6.45) is 3.08. The molecule has 0 saturated carbocycles. The lowest BCUT2D eigenvalue weighted by Gasteiger charge is -2.07. The molecule has 1 aromatic carbocycles. The van der Waals surface area contributed by atoms with Crippen molar-refractivity contribution in [3.63, 3.8) is 0 Å². The van der Waals surface area contributed by atoms with Gasteiger partial charge < -0.3 is 14.2 Å². The van der Waals surface area contributed by atoms with E-state index in [0.717, 1.165) is 0 Å². The number of methoxy groups -OCH3 is 1. The van der Waals surface area contributed by atoms with Crippen LogP contribution in [0, 0.1) is 0 Å². The molecule has 0 amide bonds. The van der Waals surface area contributed by atoms with Crippen molar-refractivity contribution in [2.45, 2.75) is 0 Å². The molecule has 0 bridgehead atoms. The molecule has 3 rings (SSSR count). The van der Waals surface area contributed by atoms with Crippen LogP contribution < -0.4 is 19.8 Å². The average Bonchev–Trinajstić information content (AvgIpc) is 2.86. The Hall–Kier alpha value is -2.50. The van der Waals surface area contributed by atoms with E-state index in [4.69, 9.17) is 14.2 Å². The predicted octanol–water partition coefficient (Wildman–Crippen LogP) is 0.970. The number of hydrogen-bond donors (Lipinski definition) is 0. The van der Waals surface area contributed by atoms with E-state index in [2.05, 4.69) is 4.98 Å². The normalized spacial score (nSPS) is 12.5. The molecule has 0 unspecified atom stereocenters. The molecule has 0 radical (unpaired) electrons. The number of nitrogens with zero attached hydrogens (tertiary/aromatic N) is 2. The summed E-state index contributed by atoms with van der Waals surface area (Å²) in [5, 5.41) is 0. The smallest absolute Gasteiger partial charge is 0.317 e. The van der Waals surface area contributed by atoms with Gasteiger partial charge in [-0.05, 0) is 12.1 Å². The average molecular weight is 246 g/mol. The molecule has 0 spiro atoms. The Kier molecular flexibility index (Phi) is 2.40. The fraction of sp³-hybridized carbons (Fsp3) is 0.167. The second kappa shape index (κ2) is 4.06. The highest BCUT2D eigenvalue weighted by Gasteiger charge is 2.15. The van der Waals surface area contributed by atoms with Gasteiger partial charge in [0.25, 0.3) is 5.88 Å². The molecule has 18 heavy (non-hydrogen) atoms. The monoisotopic (exact) mass is 246 g/mol. The summed E-state index contributed by atoms with van der Waals surface area (Å²) in [5.41, 5.74) is 0.351. The quantitative estimate of drug-likeness (QED) is 0.790. The van der Waals surface area contributed by atoms with Crippen molar-refractivity contribution in [1.29, 1.82) is 0 Å². The lowest BCUT2D eigenvalue weighted by atomic mass is 10.2. The van der Waals surface area contributed by atoms with Crippen LogP contribution in [0.3, 0.4) is 0 Å². The second-order valence-electron chi connectivity index (χ2n) is 3.65. The predicted molar refractivity (Wildman–Crippen MR) is 62.5 cm³/mol. The van der Waals surface area contributed by atoms with Crippen molar-refractivity contribution in [1.82, 2.24) is 9.55 Å². The van der Waals surface area contributed by atoms with Crippen molar-refractivity contribution in [2.24, 2.45) is 0 Å². The van der Waals surface area contributed by atoms with E-state index in [1.54, 1.807) is 24.4 Å². The minimum Gasteiger partial charge on any atom is -0.477 e. The summed E-state index contributed by atoms with van der Waals surface area (Å²) < 4.78 is 16.8. The molecule has 6 heteroatoms. The lowest BCUT2D eigenvalue weighted by molar-refractivity contribution is 0.174. The van der Waals surface area contributed by atoms with E-state index in [1.165, 1.54) is 17.9 Å². The zero-order valence-corrected chi connectivity index (χ0v) is 9.62. The maximum absolute atomic E-state index is 12.0. The zero-order chi connectivity index (χ0) is 12.5. The largest absolute Gasteiger partial charge is 0.477 e. The number of ether oxygens (including phenoxy) is 3. The van der Waals surface area contributed by atoms with Crippen molar-refractivity contribution in [3.05, 3.63) is 40.9 Å². The van der Waals surface area contributed by atoms with Gasteiger partial charge in [0.05, 0.1) is 12.8 Å². The molecule has 92 valence electrons. The van der Waals surface area contributed by atoms with E-state index in [0.29, 0.717) is 17.2 Å². The Morgan fingerprint density at radius 3 is 3.00 bits per heavy atom. The first-order chi connectivity index (χ1) is 8.79. The maximum atomic E-state index is 12.0. The molecule has 6 nitrogen and oxygen atoms in total. The van der Waals surface area contributed by atoms with Crippen LogP contribution in [0.2, 0.25) is 0 Å². The van der Waals surface area contributed by atoms with Gasteiger partial charge in [-0.25, -0.2) is 4.98 Å². The van der Waals surface area contributed by atoms with Crippen LogP contribution in [0.15, 0.2) is 35.4 Å². The molecule has 0 aliphatic carbocycles. The number of hydrogen-bond acceptors (Lipinski definition) is 5. The van der Waals surface area contributed by atoms with Gasteiger partial charge >= 0.3 is 5.56 Å². The van der Waals surface area contributed by atoms with Crippen LogP contribution in [0.4, 0.5) is 0 Å². The van der Waals surface area contributed by atoms with Gasteiger partial charge in [0, 0.05) is 18.5 Å². The summed E-state index contributed by atoms with van der Waals surface area (Å²) in [6.45, 7) is 0.202.